The lowest BCUT2D eigenvalue weighted by molar-refractivity contribution is -0.0528. The van der Waals surface area contributed by atoms with Crippen LogP contribution in [0.4, 0.5) is 20.4 Å². The highest BCUT2D eigenvalue weighted by atomic mass is 19.3. The van der Waals surface area contributed by atoms with Gasteiger partial charge in [-0.05, 0) is 19.9 Å². The molecule has 2 aromatic rings. The molecule has 2 bridgehead atoms. The van der Waals surface area contributed by atoms with Crippen molar-refractivity contribution in [3.05, 3.63) is 18.5 Å². The summed E-state index contributed by atoms with van der Waals surface area (Å²) in [5.74, 6) is 1.42. The van der Waals surface area contributed by atoms with E-state index in [-0.39, 0.29) is 12.0 Å². The summed E-state index contributed by atoms with van der Waals surface area (Å²) >= 11 is 0. The van der Waals surface area contributed by atoms with Crippen molar-refractivity contribution in [2.75, 3.05) is 12.4 Å². The molecule has 4 heterocycles. The van der Waals surface area contributed by atoms with E-state index < -0.39 is 6.61 Å². The summed E-state index contributed by atoms with van der Waals surface area (Å²) in [5, 5.41) is 9.11. The maximum Gasteiger partial charge on any atom is 0.388 e. The van der Waals surface area contributed by atoms with Crippen LogP contribution in [0.25, 0.3) is 0 Å². The molecule has 146 valence electrons. The molecular weight excluding hydrogens is 358 g/mol. The van der Waals surface area contributed by atoms with E-state index in [1.165, 1.54) is 25.1 Å². The Morgan fingerprint density at radius 2 is 2.15 bits per heavy atom. The van der Waals surface area contributed by atoms with Crippen LogP contribution >= 0.6 is 0 Å². The molecule has 0 saturated carbocycles. The molecule has 0 unspecified atom stereocenters. The first kappa shape index (κ1) is 17.9. The van der Waals surface area contributed by atoms with Crippen LogP contribution < -0.4 is 14.8 Å². The van der Waals surface area contributed by atoms with Gasteiger partial charge in [0.25, 0.3) is 0 Å². The number of hydrogen-bond donors (Lipinski definition) is 2. The van der Waals surface area contributed by atoms with E-state index >= 15 is 0 Å². The molecule has 4 rings (SSSR count). The second kappa shape index (κ2) is 7.26. The van der Waals surface area contributed by atoms with Crippen LogP contribution in [-0.4, -0.2) is 56.9 Å². The summed E-state index contributed by atoms with van der Waals surface area (Å²) < 4.78 is 34.8. The minimum atomic E-state index is -2.93. The summed E-state index contributed by atoms with van der Waals surface area (Å²) in [5.41, 5.74) is 0. The Morgan fingerprint density at radius 1 is 1.30 bits per heavy atom. The maximum absolute atomic E-state index is 12.2. The Hall–Kier alpha value is -2.49. The molecule has 10 heteroatoms. The van der Waals surface area contributed by atoms with Gasteiger partial charge in [0.15, 0.2) is 5.82 Å². The normalized spacial score (nSPS) is 27.7. The topological polar surface area (TPSA) is 88.2 Å². The van der Waals surface area contributed by atoms with Crippen LogP contribution in [0.3, 0.4) is 0 Å². The van der Waals surface area contributed by atoms with E-state index in [0.29, 0.717) is 35.5 Å². The zero-order valence-corrected chi connectivity index (χ0v) is 15.1. The summed E-state index contributed by atoms with van der Waals surface area (Å²) in [6, 6.07) is 2.42. The molecule has 2 N–H and O–H groups in total. The summed E-state index contributed by atoms with van der Waals surface area (Å²) in [7, 11) is 2.19. The zero-order chi connectivity index (χ0) is 19.0. The van der Waals surface area contributed by atoms with Gasteiger partial charge in [-0.2, -0.15) is 13.8 Å². The third-order valence-electron chi connectivity index (χ3n) is 5.50. The molecule has 0 amide bonds. The number of hydrogen-bond acceptors (Lipinski definition) is 7. The number of aromatic amines is 1. The molecule has 27 heavy (non-hydrogen) atoms. The van der Waals surface area contributed by atoms with E-state index in [4.69, 9.17) is 4.74 Å². The molecule has 0 spiro atoms. The van der Waals surface area contributed by atoms with E-state index in [9.17, 15) is 8.78 Å². The Kier molecular flexibility index (Phi) is 4.81. The molecule has 2 aliphatic rings. The average molecular weight is 380 g/mol. The predicted octanol–water partition coefficient (Wildman–Crippen LogP) is 2.79. The first-order valence-electron chi connectivity index (χ1n) is 8.97. The number of nitrogens with zero attached hydrogens (tertiary/aromatic N) is 4. The van der Waals surface area contributed by atoms with Crippen LogP contribution in [0, 0.1) is 5.92 Å². The van der Waals surface area contributed by atoms with Crippen molar-refractivity contribution in [1.82, 2.24) is 25.1 Å². The monoisotopic (exact) mass is 380 g/mol. The number of alkyl halides is 2. The van der Waals surface area contributed by atoms with Crippen molar-refractivity contribution in [2.45, 2.75) is 51.0 Å². The highest BCUT2D eigenvalue weighted by Crippen LogP contribution is 2.39. The van der Waals surface area contributed by atoms with Gasteiger partial charge in [-0.15, -0.1) is 5.10 Å². The fourth-order valence-corrected chi connectivity index (χ4v) is 4.12. The van der Waals surface area contributed by atoms with Crippen molar-refractivity contribution < 1.29 is 18.3 Å². The van der Waals surface area contributed by atoms with Crippen LogP contribution in [-0.2, 0) is 0 Å². The van der Waals surface area contributed by atoms with Crippen molar-refractivity contribution in [3.63, 3.8) is 0 Å². The minimum Gasteiger partial charge on any atom is -0.473 e. The number of fused-ring (bicyclic) bond motifs is 2. The smallest absolute Gasteiger partial charge is 0.388 e. The van der Waals surface area contributed by atoms with Gasteiger partial charge in [-0.3, -0.25) is 15.0 Å². The lowest BCUT2D eigenvalue weighted by atomic mass is 9.89. The van der Waals surface area contributed by atoms with E-state index in [1.54, 1.807) is 6.20 Å². The van der Waals surface area contributed by atoms with E-state index in [2.05, 4.69) is 49.1 Å². The first-order valence-corrected chi connectivity index (χ1v) is 8.97. The summed E-state index contributed by atoms with van der Waals surface area (Å²) in [6.07, 6.45) is 6.59. The van der Waals surface area contributed by atoms with Gasteiger partial charge in [-0.1, -0.05) is 6.92 Å². The third kappa shape index (κ3) is 3.80. The standard InChI is InChI=1S/C17H22F2N6O2/c1-9-11-4-3-10(25(11)2)5-12(9)26-16-8-20-7-14(22-16)21-13-6-15(24-23-13)27-17(18)19/h6-12,17H,3-5H2,1-2H3,(H2,21,22,23,24)/t9-,10+,11-,12+/m1/s1. The maximum atomic E-state index is 12.2. The fraction of sp³-hybridized carbons (Fsp3) is 0.588. The Balaban J connectivity index is 1.41. The van der Waals surface area contributed by atoms with Crippen molar-refractivity contribution in [1.29, 1.82) is 0 Å². The van der Waals surface area contributed by atoms with E-state index in [0.717, 1.165) is 6.42 Å². The van der Waals surface area contributed by atoms with Crippen molar-refractivity contribution in [3.8, 4) is 11.8 Å². The summed E-state index contributed by atoms with van der Waals surface area (Å²) in [4.78, 5) is 11.0. The molecule has 0 aliphatic carbocycles. The molecule has 4 atom stereocenters. The lowest BCUT2D eigenvalue weighted by Crippen LogP contribution is -2.49. The van der Waals surface area contributed by atoms with Gasteiger partial charge < -0.3 is 14.8 Å². The molecular formula is C17H22F2N6O2. The van der Waals surface area contributed by atoms with Crippen LogP contribution in [0.1, 0.15) is 26.2 Å². The highest BCUT2D eigenvalue weighted by molar-refractivity contribution is 5.52. The number of aromatic nitrogens is 4. The number of H-pyrrole nitrogens is 1. The number of ether oxygens (including phenoxy) is 2. The van der Waals surface area contributed by atoms with E-state index in [1.807, 2.05) is 0 Å². The quantitative estimate of drug-likeness (QED) is 0.797. The van der Waals surface area contributed by atoms with Crippen LogP contribution in [0.2, 0.25) is 0 Å². The molecule has 2 aromatic heterocycles. The van der Waals surface area contributed by atoms with Crippen LogP contribution in [0.5, 0.6) is 11.8 Å². The molecule has 0 aromatic carbocycles. The molecule has 8 nitrogen and oxygen atoms in total. The number of halogens is 2. The fourth-order valence-electron chi connectivity index (χ4n) is 4.12. The van der Waals surface area contributed by atoms with Crippen LogP contribution in [0.15, 0.2) is 18.5 Å². The van der Waals surface area contributed by atoms with Gasteiger partial charge in [0.1, 0.15) is 11.9 Å². The van der Waals surface area contributed by atoms with Gasteiger partial charge >= 0.3 is 6.61 Å². The molecule has 0 radical (unpaired) electrons. The van der Waals surface area contributed by atoms with Gasteiger partial charge in [0, 0.05) is 30.5 Å². The minimum absolute atomic E-state index is 0.0986. The number of rotatable bonds is 6. The Labute approximate surface area is 155 Å². The first-order chi connectivity index (χ1) is 13.0. The number of piperidine rings is 1. The van der Waals surface area contributed by atoms with Gasteiger partial charge in [0.05, 0.1) is 12.4 Å². The van der Waals surface area contributed by atoms with Crippen molar-refractivity contribution >= 4 is 11.6 Å². The third-order valence-corrected chi connectivity index (χ3v) is 5.50. The lowest BCUT2D eigenvalue weighted by Gasteiger charge is -2.41. The average Bonchev–Trinajstić information content (AvgIpc) is 3.15. The van der Waals surface area contributed by atoms with Crippen molar-refractivity contribution in [2.24, 2.45) is 5.92 Å². The highest BCUT2D eigenvalue weighted by Gasteiger charge is 2.44. The molecule has 2 saturated heterocycles. The molecule has 2 aliphatic heterocycles. The second-order valence-electron chi connectivity index (χ2n) is 7.08. The molecule has 2 fully saturated rings. The summed E-state index contributed by atoms with van der Waals surface area (Å²) in [6.45, 7) is -0.706. The Morgan fingerprint density at radius 3 is 2.96 bits per heavy atom. The van der Waals surface area contributed by atoms with Gasteiger partial charge in [0.2, 0.25) is 11.8 Å². The Bertz CT molecular complexity index is 788. The zero-order valence-electron chi connectivity index (χ0n) is 15.1. The SMILES string of the molecule is C[C@H]1[C@@H](Oc2cncc(Nc3cc(OC(F)F)n[nH]3)n2)C[C@@H]2CC[C@H]1N2C. The van der Waals surface area contributed by atoms with Gasteiger partial charge in [-0.25, -0.2) is 0 Å². The number of nitrogens with one attached hydrogen (secondary N) is 2. The predicted molar refractivity (Wildman–Crippen MR) is 93.3 cm³/mol. The largest absolute Gasteiger partial charge is 0.473 e. The second-order valence-corrected chi connectivity index (χ2v) is 7.08. The number of anilines is 2.